The van der Waals surface area contributed by atoms with E-state index in [-0.39, 0.29) is 21.8 Å². The zero-order valence-electron chi connectivity index (χ0n) is 9.93. The highest BCUT2D eigenvalue weighted by atomic mass is 79.9. The van der Waals surface area contributed by atoms with Crippen LogP contribution < -0.4 is 0 Å². The lowest BCUT2D eigenvalue weighted by molar-refractivity contribution is -0.527. The van der Waals surface area contributed by atoms with Crippen LogP contribution in [0.2, 0.25) is 0 Å². The first-order chi connectivity index (χ1) is 8.04. The van der Waals surface area contributed by atoms with Gasteiger partial charge in [0.15, 0.2) is 0 Å². The monoisotopic (exact) mass is 307 g/mol. The third-order valence-corrected chi connectivity index (χ3v) is 4.23. The molecular formula is C11H18BrNO4. The van der Waals surface area contributed by atoms with Crippen LogP contribution in [0.5, 0.6) is 0 Å². The second-order valence-corrected chi connectivity index (χ2v) is 5.63. The Bertz CT molecular complexity index is 277. The first kappa shape index (κ1) is 14.4. The summed E-state index contributed by atoms with van der Waals surface area (Å²) in [5.41, 5.74) is 0. The maximum atomic E-state index is 11.2. The van der Waals surface area contributed by atoms with E-state index in [4.69, 9.17) is 0 Å². The van der Waals surface area contributed by atoms with Crippen LogP contribution in [-0.4, -0.2) is 28.9 Å². The summed E-state index contributed by atoms with van der Waals surface area (Å²) in [5, 5.41) is 10.6. The number of carbonyl (C=O) groups is 1. The van der Waals surface area contributed by atoms with Crippen LogP contribution >= 0.6 is 15.9 Å². The van der Waals surface area contributed by atoms with Gasteiger partial charge >= 0.3 is 5.97 Å². The molecule has 1 fully saturated rings. The number of nitrogens with zero attached hydrogens (tertiary/aromatic N) is 1. The summed E-state index contributed by atoms with van der Waals surface area (Å²) in [5.74, 6) is 0.264. The molecule has 1 aliphatic rings. The number of hydrogen-bond donors (Lipinski definition) is 0. The molecular weight excluding hydrogens is 290 g/mol. The van der Waals surface area contributed by atoms with Gasteiger partial charge in [0.1, 0.15) is 4.83 Å². The van der Waals surface area contributed by atoms with Crippen molar-refractivity contribution in [2.24, 2.45) is 5.92 Å². The van der Waals surface area contributed by atoms with Crippen molar-refractivity contribution in [1.29, 1.82) is 0 Å². The standard InChI is InChI=1S/C11H18BrNO4/c1-17-11(14)10(12)7-4-8-2-5-9(6-3-8)13(15)16/h8-10H,2-7H2,1H3. The van der Waals surface area contributed by atoms with Gasteiger partial charge < -0.3 is 4.74 Å². The minimum absolute atomic E-state index is 0.169. The molecule has 98 valence electrons. The minimum atomic E-state index is -0.355. The van der Waals surface area contributed by atoms with Crippen molar-refractivity contribution in [3.63, 3.8) is 0 Å². The van der Waals surface area contributed by atoms with Gasteiger partial charge in [-0.05, 0) is 31.6 Å². The third-order valence-electron chi connectivity index (χ3n) is 3.40. The number of methoxy groups -OCH3 is 1. The maximum Gasteiger partial charge on any atom is 0.319 e. The topological polar surface area (TPSA) is 69.4 Å². The second kappa shape index (κ2) is 6.93. The van der Waals surface area contributed by atoms with Gasteiger partial charge in [0, 0.05) is 17.8 Å². The molecule has 1 unspecified atom stereocenters. The molecule has 0 aromatic heterocycles. The lowest BCUT2D eigenvalue weighted by Crippen LogP contribution is -2.26. The Balaban J connectivity index is 2.22. The largest absolute Gasteiger partial charge is 0.468 e. The predicted octanol–water partition coefficient (Wildman–Crippen LogP) is 2.54. The Morgan fingerprint density at radius 2 is 2.06 bits per heavy atom. The number of halogens is 1. The van der Waals surface area contributed by atoms with E-state index in [0.717, 1.165) is 25.7 Å². The van der Waals surface area contributed by atoms with Gasteiger partial charge in [-0.25, -0.2) is 0 Å². The lowest BCUT2D eigenvalue weighted by Gasteiger charge is -2.24. The van der Waals surface area contributed by atoms with E-state index in [1.54, 1.807) is 0 Å². The predicted molar refractivity (Wildman–Crippen MR) is 66.7 cm³/mol. The average molecular weight is 308 g/mol. The molecule has 0 aromatic carbocycles. The minimum Gasteiger partial charge on any atom is -0.468 e. The number of ether oxygens (including phenoxy) is 1. The normalized spacial score (nSPS) is 26.2. The summed E-state index contributed by atoms with van der Waals surface area (Å²) >= 11 is 3.28. The number of alkyl halides is 1. The van der Waals surface area contributed by atoms with Gasteiger partial charge in [0.25, 0.3) is 0 Å². The van der Waals surface area contributed by atoms with E-state index in [1.165, 1.54) is 7.11 Å². The molecule has 0 saturated heterocycles. The summed E-state index contributed by atoms with van der Waals surface area (Å²) in [7, 11) is 1.37. The molecule has 0 amide bonds. The van der Waals surface area contributed by atoms with Gasteiger partial charge in [0.05, 0.1) is 7.11 Å². The number of rotatable bonds is 5. The van der Waals surface area contributed by atoms with Crippen LogP contribution in [0.25, 0.3) is 0 Å². The highest BCUT2D eigenvalue weighted by molar-refractivity contribution is 9.10. The molecule has 0 N–H and O–H groups in total. The number of nitro groups is 1. The molecule has 17 heavy (non-hydrogen) atoms. The molecule has 0 spiro atoms. The Morgan fingerprint density at radius 3 is 2.53 bits per heavy atom. The van der Waals surface area contributed by atoms with E-state index in [9.17, 15) is 14.9 Å². The Morgan fingerprint density at radius 1 is 1.47 bits per heavy atom. The van der Waals surface area contributed by atoms with Crippen molar-refractivity contribution in [3.8, 4) is 0 Å². The lowest BCUT2D eigenvalue weighted by atomic mass is 9.83. The Kier molecular flexibility index (Phi) is 5.88. The average Bonchev–Trinajstić information content (AvgIpc) is 2.35. The molecule has 1 rings (SSSR count). The molecule has 1 saturated carbocycles. The number of esters is 1. The summed E-state index contributed by atoms with van der Waals surface area (Å²) in [4.78, 5) is 21.3. The second-order valence-electron chi connectivity index (χ2n) is 4.53. The smallest absolute Gasteiger partial charge is 0.319 e. The van der Waals surface area contributed by atoms with Crippen molar-refractivity contribution < 1.29 is 14.5 Å². The molecule has 1 aliphatic carbocycles. The van der Waals surface area contributed by atoms with Gasteiger partial charge in [-0.3, -0.25) is 14.9 Å². The van der Waals surface area contributed by atoms with Crippen molar-refractivity contribution in [2.75, 3.05) is 7.11 Å². The molecule has 5 nitrogen and oxygen atoms in total. The van der Waals surface area contributed by atoms with Gasteiger partial charge in [-0.1, -0.05) is 15.9 Å². The third kappa shape index (κ3) is 4.61. The molecule has 1 atom stereocenters. The van der Waals surface area contributed by atoms with Crippen molar-refractivity contribution in [1.82, 2.24) is 0 Å². The van der Waals surface area contributed by atoms with Crippen molar-refractivity contribution >= 4 is 21.9 Å². The molecule has 0 heterocycles. The van der Waals surface area contributed by atoms with Crippen LogP contribution in [0, 0.1) is 16.0 Å². The fourth-order valence-corrected chi connectivity index (χ4v) is 2.72. The highest BCUT2D eigenvalue weighted by Crippen LogP contribution is 2.30. The van der Waals surface area contributed by atoms with Crippen LogP contribution in [0.3, 0.4) is 0 Å². The van der Waals surface area contributed by atoms with E-state index in [2.05, 4.69) is 20.7 Å². The van der Waals surface area contributed by atoms with Gasteiger partial charge in [0.2, 0.25) is 6.04 Å². The fraction of sp³-hybridized carbons (Fsp3) is 0.909. The molecule has 0 radical (unpaired) electrons. The quantitative estimate of drug-likeness (QED) is 0.339. The van der Waals surface area contributed by atoms with E-state index >= 15 is 0 Å². The molecule has 6 heteroatoms. The summed E-state index contributed by atoms with van der Waals surface area (Å²) < 4.78 is 4.63. The summed E-state index contributed by atoms with van der Waals surface area (Å²) in [6, 6.07) is -0.355. The fourth-order valence-electron chi connectivity index (χ4n) is 2.27. The van der Waals surface area contributed by atoms with Gasteiger partial charge in [-0.2, -0.15) is 0 Å². The summed E-state index contributed by atoms with van der Waals surface area (Å²) in [6.45, 7) is 0. The van der Waals surface area contributed by atoms with Crippen molar-refractivity contribution in [3.05, 3.63) is 10.1 Å². The maximum absolute atomic E-state index is 11.2. The van der Waals surface area contributed by atoms with Crippen molar-refractivity contribution in [2.45, 2.75) is 49.4 Å². The zero-order chi connectivity index (χ0) is 12.8. The molecule has 0 bridgehead atoms. The Hall–Kier alpha value is -0.650. The van der Waals surface area contributed by atoms with E-state index in [1.807, 2.05) is 0 Å². The Labute approximate surface area is 109 Å². The number of hydrogen-bond acceptors (Lipinski definition) is 4. The van der Waals surface area contributed by atoms with E-state index < -0.39 is 0 Å². The zero-order valence-corrected chi connectivity index (χ0v) is 11.5. The molecule has 0 aliphatic heterocycles. The highest BCUT2D eigenvalue weighted by Gasteiger charge is 2.28. The first-order valence-electron chi connectivity index (χ1n) is 5.90. The van der Waals surface area contributed by atoms with Crippen LogP contribution in [-0.2, 0) is 9.53 Å². The number of carbonyl (C=O) groups excluding carboxylic acids is 1. The van der Waals surface area contributed by atoms with Gasteiger partial charge in [-0.15, -0.1) is 0 Å². The van der Waals surface area contributed by atoms with Crippen LogP contribution in [0.15, 0.2) is 0 Å². The molecule has 0 aromatic rings. The van der Waals surface area contributed by atoms with Crippen LogP contribution in [0.1, 0.15) is 38.5 Å². The van der Waals surface area contributed by atoms with Crippen LogP contribution in [0.4, 0.5) is 0 Å². The van der Waals surface area contributed by atoms with E-state index in [0.29, 0.717) is 18.8 Å². The first-order valence-corrected chi connectivity index (χ1v) is 6.81. The summed E-state index contributed by atoms with van der Waals surface area (Å²) in [6.07, 6.45) is 4.79. The SMILES string of the molecule is COC(=O)C(Br)CCC1CCC([N+](=O)[O-])CC1.